The molecule has 5 heteroatoms. The van der Waals surface area contributed by atoms with E-state index in [2.05, 4.69) is 62.0 Å². The Bertz CT molecular complexity index is 4540. The van der Waals surface area contributed by atoms with Crippen molar-refractivity contribution in [1.29, 1.82) is 0 Å². The van der Waals surface area contributed by atoms with Crippen LogP contribution < -0.4 is 9.30 Å². The summed E-state index contributed by atoms with van der Waals surface area (Å²) < 4.78 is 102. The largest absolute Gasteiger partial charge is 0.458 e. The molecule has 0 aliphatic carbocycles. The standard InChI is InChI=1S/C64H46N4O/c1-64(2,3)44-36-37-65-60(38-44)68-57-32-13-12-26-52(57)53-35-34-47(40-59(53)68)69-46-23-14-22-45(39-46)66-41-67-62-49(43-20-8-5-9-21-43)28-16-31-56(62)61-48(42-18-6-4-7-19-42)27-15-29-54(61)50-24-10-11-25-51(50)55-30-17-33-58(66)63(55)67/h4-40H,1-3H3/i4D,5D,6D,7D,8D,9D,18D,19D,20D,21D. The molecular formula is C64H46N4O. The second kappa shape index (κ2) is 15.9. The Morgan fingerprint density at radius 1 is 0.522 bits per heavy atom. The van der Waals surface area contributed by atoms with Gasteiger partial charge in [0, 0.05) is 23.0 Å². The van der Waals surface area contributed by atoms with Crippen LogP contribution in [0.15, 0.2) is 224 Å². The number of para-hydroxylation sites is 3. The molecule has 4 heterocycles. The van der Waals surface area contributed by atoms with Gasteiger partial charge in [0.2, 0.25) is 0 Å². The average molecular weight is 897 g/mol. The van der Waals surface area contributed by atoms with Crippen LogP contribution in [0.2, 0.25) is 0 Å². The van der Waals surface area contributed by atoms with Gasteiger partial charge in [-0.05, 0) is 115 Å². The lowest BCUT2D eigenvalue weighted by Crippen LogP contribution is -2.32. The fraction of sp³-hybridized carbons (Fsp3) is 0.0625. The van der Waals surface area contributed by atoms with E-state index in [0.717, 1.165) is 49.9 Å². The highest BCUT2D eigenvalue weighted by atomic mass is 16.5. The maximum absolute atomic E-state index is 9.36. The first-order valence-corrected chi connectivity index (χ1v) is 22.8. The number of imidazole rings is 1. The highest BCUT2D eigenvalue weighted by Gasteiger charge is 2.28. The predicted molar refractivity (Wildman–Crippen MR) is 282 cm³/mol. The molecule has 0 saturated heterocycles. The molecule has 9 aromatic carbocycles. The first-order chi connectivity index (χ1) is 38.0. The van der Waals surface area contributed by atoms with Crippen molar-refractivity contribution in [3.8, 4) is 84.3 Å². The highest BCUT2D eigenvalue weighted by molar-refractivity contribution is 6.10. The van der Waals surface area contributed by atoms with E-state index in [-0.39, 0.29) is 34.2 Å². The number of hydrogen-bond donors (Lipinski definition) is 0. The normalized spacial score (nSPS) is 14.0. The van der Waals surface area contributed by atoms with Gasteiger partial charge in [0.05, 0.1) is 47.1 Å². The molecule has 12 aromatic rings. The number of aromatic nitrogens is 4. The monoisotopic (exact) mass is 896 g/mol. The van der Waals surface area contributed by atoms with Gasteiger partial charge in [-0.1, -0.05) is 184 Å². The number of fused-ring (bicyclic) bond motifs is 10. The van der Waals surface area contributed by atoms with E-state index in [1.165, 1.54) is 0 Å². The predicted octanol–water partition coefficient (Wildman–Crippen LogP) is 15.9. The minimum Gasteiger partial charge on any atom is -0.458 e. The Hall–Kier alpha value is -8.80. The summed E-state index contributed by atoms with van der Waals surface area (Å²) in [6.45, 7) is 6.56. The Morgan fingerprint density at radius 3 is 1.93 bits per heavy atom. The molecule has 0 atom stereocenters. The second-order valence-corrected chi connectivity index (χ2v) is 18.2. The molecule has 69 heavy (non-hydrogen) atoms. The molecule has 5 nitrogen and oxygen atoms in total. The van der Waals surface area contributed by atoms with Crippen LogP contribution >= 0.6 is 0 Å². The quantitative estimate of drug-likeness (QED) is 0.123. The summed E-state index contributed by atoms with van der Waals surface area (Å²) in [5.41, 5.74) is 10.0. The van der Waals surface area contributed by atoms with E-state index in [4.69, 9.17) is 17.9 Å². The van der Waals surface area contributed by atoms with E-state index >= 15 is 0 Å². The van der Waals surface area contributed by atoms with E-state index in [9.17, 15) is 5.48 Å². The third kappa shape index (κ3) is 6.69. The summed E-state index contributed by atoms with van der Waals surface area (Å²) >= 11 is 0. The molecule has 0 N–H and O–H groups in total. The number of ether oxygens (including phenoxy) is 1. The first-order valence-electron chi connectivity index (χ1n) is 27.8. The smallest absolute Gasteiger partial charge is 0.269 e. The van der Waals surface area contributed by atoms with Crippen molar-refractivity contribution in [2.75, 3.05) is 0 Å². The summed E-state index contributed by atoms with van der Waals surface area (Å²) in [6, 6.07) is 46.2. The fourth-order valence-electron chi connectivity index (χ4n) is 10.0. The molecule has 0 bridgehead atoms. The molecule has 0 saturated carbocycles. The Balaban J connectivity index is 1.06. The summed E-state index contributed by atoms with van der Waals surface area (Å²) in [5, 5.41) is 2.14. The SMILES string of the molecule is [2H]c1c([2H])c([2H])c(-c2cccc3c2-c2cccc(-c4c([2H])c([2H])c([2H])c([2H])c4[2H])c2-[n+]2[c-]n(-c4cccc(Oc5ccc6c7ccccc7n(-c7cc(C(C)(C)C)ccn7)c6c5)c4)c4cccc(c42)-c2ccccc2-3)c([2H])c1[2H]. The van der Waals surface area contributed by atoms with Gasteiger partial charge < -0.3 is 4.74 Å². The maximum atomic E-state index is 9.36. The molecule has 328 valence electrons. The van der Waals surface area contributed by atoms with Crippen LogP contribution in [0.4, 0.5) is 0 Å². The molecule has 0 radical (unpaired) electrons. The zero-order valence-electron chi connectivity index (χ0n) is 47.8. The van der Waals surface area contributed by atoms with Crippen LogP contribution in [0.1, 0.15) is 40.0 Å². The van der Waals surface area contributed by atoms with Crippen LogP contribution in [-0.4, -0.2) is 14.1 Å². The van der Waals surface area contributed by atoms with E-state index in [0.29, 0.717) is 56.2 Å². The molecule has 3 aromatic heterocycles. The average Bonchev–Trinajstić information content (AvgIpc) is 4.15. The van der Waals surface area contributed by atoms with Crippen LogP contribution in [0.5, 0.6) is 11.5 Å². The third-order valence-electron chi connectivity index (χ3n) is 13.1. The fourth-order valence-corrected chi connectivity index (χ4v) is 10.0. The molecule has 0 spiro atoms. The van der Waals surface area contributed by atoms with Gasteiger partial charge >= 0.3 is 0 Å². The molecule has 1 aliphatic heterocycles. The van der Waals surface area contributed by atoms with Gasteiger partial charge in [-0.2, -0.15) is 0 Å². The van der Waals surface area contributed by atoms with Gasteiger partial charge in [-0.3, -0.25) is 13.7 Å². The number of nitrogens with zero attached hydrogens (tertiary/aromatic N) is 4. The minimum atomic E-state index is -0.538. The molecule has 13 rings (SSSR count). The van der Waals surface area contributed by atoms with Gasteiger partial charge in [0.15, 0.2) is 0 Å². The number of pyridine rings is 1. The van der Waals surface area contributed by atoms with Gasteiger partial charge in [-0.15, -0.1) is 0 Å². The van der Waals surface area contributed by atoms with Crippen LogP contribution in [-0.2, 0) is 5.41 Å². The van der Waals surface area contributed by atoms with Crippen LogP contribution in [0, 0.1) is 6.33 Å². The molecule has 0 amide bonds. The van der Waals surface area contributed by atoms with Crippen molar-refractivity contribution < 1.29 is 23.0 Å². The Morgan fingerprint density at radius 2 is 1.13 bits per heavy atom. The maximum Gasteiger partial charge on any atom is 0.269 e. The second-order valence-electron chi connectivity index (χ2n) is 18.2. The van der Waals surface area contributed by atoms with E-state index in [1.54, 1.807) is 24.3 Å². The van der Waals surface area contributed by atoms with Crippen molar-refractivity contribution in [1.82, 2.24) is 14.1 Å². The van der Waals surface area contributed by atoms with Crippen LogP contribution in [0.25, 0.3) is 106 Å². The first kappa shape index (κ1) is 31.2. The van der Waals surface area contributed by atoms with Crippen LogP contribution in [0.3, 0.4) is 0 Å². The van der Waals surface area contributed by atoms with Gasteiger partial charge in [-0.25, -0.2) is 4.98 Å². The van der Waals surface area contributed by atoms with Gasteiger partial charge in [0.1, 0.15) is 17.3 Å². The number of rotatable bonds is 6. The summed E-state index contributed by atoms with van der Waals surface area (Å²) in [4.78, 5) is 4.87. The number of hydrogen-bond acceptors (Lipinski definition) is 2. The summed E-state index contributed by atoms with van der Waals surface area (Å²) in [5.74, 6) is 1.94. The van der Waals surface area contributed by atoms with Crippen molar-refractivity contribution >= 4 is 32.8 Å². The number of benzene rings is 9. The Labute approximate surface area is 415 Å². The van der Waals surface area contributed by atoms with Crippen molar-refractivity contribution in [2.45, 2.75) is 26.2 Å². The van der Waals surface area contributed by atoms with Crippen molar-refractivity contribution in [3.63, 3.8) is 0 Å². The lowest BCUT2D eigenvalue weighted by atomic mass is 9.84. The molecular weight excluding hydrogens is 841 g/mol. The summed E-state index contributed by atoms with van der Waals surface area (Å²) in [6.07, 6.45) is 5.54. The molecule has 0 fully saturated rings. The molecule has 0 unspecified atom stereocenters. The lowest BCUT2D eigenvalue weighted by Gasteiger charge is -2.21. The zero-order valence-corrected chi connectivity index (χ0v) is 37.8. The Kier molecular flexibility index (Phi) is 7.21. The van der Waals surface area contributed by atoms with E-state index < -0.39 is 48.3 Å². The highest BCUT2D eigenvalue weighted by Crippen LogP contribution is 2.48. The molecule has 1 aliphatic rings. The van der Waals surface area contributed by atoms with E-state index in [1.807, 2.05) is 118 Å². The topological polar surface area (TPSA) is 35.9 Å². The van der Waals surface area contributed by atoms with Gasteiger partial charge in [0.25, 0.3) is 6.33 Å². The zero-order chi connectivity index (χ0) is 54.9. The minimum absolute atomic E-state index is 0.0169. The van der Waals surface area contributed by atoms with Crippen molar-refractivity contribution in [2.24, 2.45) is 0 Å². The lowest BCUT2D eigenvalue weighted by molar-refractivity contribution is -0.570. The van der Waals surface area contributed by atoms with Crippen molar-refractivity contribution in [3.05, 3.63) is 236 Å². The third-order valence-corrected chi connectivity index (χ3v) is 13.1. The summed E-state index contributed by atoms with van der Waals surface area (Å²) in [7, 11) is 0.